The molecule has 0 amide bonds. The molecule has 15 heteroatoms. The van der Waals surface area contributed by atoms with E-state index in [1.807, 2.05) is 4.72 Å². The highest BCUT2D eigenvalue weighted by atomic mass is 32.2. The third-order valence-electron chi connectivity index (χ3n) is 3.64. The van der Waals surface area contributed by atoms with E-state index in [2.05, 4.69) is 9.97 Å². The molecular weight excluding hydrogens is 412 g/mol. The maximum Gasteiger partial charge on any atom is 0.332 e. The summed E-state index contributed by atoms with van der Waals surface area (Å²) in [5, 5.41) is 22.4. The Labute approximate surface area is 159 Å². The maximum absolute atomic E-state index is 12.0. The van der Waals surface area contributed by atoms with Gasteiger partial charge in [0, 0.05) is 18.3 Å². The molecule has 0 saturated carbocycles. The zero-order chi connectivity index (χ0) is 21.5. The zero-order valence-electron chi connectivity index (χ0n) is 14.3. The van der Waals surface area contributed by atoms with Gasteiger partial charge in [0.2, 0.25) is 15.8 Å². The SMILES string of the molecule is CS(=O)(=O)Nc1nc2cc(-n3ccc(=O)c([N+](=O)[O-])c3)c([N+](=O)[O-])cc2[nH]c1=O. The van der Waals surface area contributed by atoms with E-state index in [0.29, 0.717) is 0 Å². The van der Waals surface area contributed by atoms with Gasteiger partial charge in [-0.1, -0.05) is 0 Å². The summed E-state index contributed by atoms with van der Waals surface area (Å²) in [6.45, 7) is 0. The monoisotopic (exact) mass is 422 g/mol. The molecule has 3 aromatic rings. The molecule has 0 aliphatic heterocycles. The number of nitro benzene ring substituents is 1. The Morgan fingerprint density at radius 3 is 2.38 bits per heavy atom. The third kappa shape index (κ3) is 3.93. The summed E-state index contributed by atoms with van der Waals surface area (Å²) in [6.07, 6.45) is 2.70. The molecule has 14 nitrogen and oxygen atoms in total. The van der Waals surface area contributed by atoms with Crippen molar-refractivity contribution >= 4 is 38.2 Å². The highest BCUT2D eigenvalue weighted by Gasteiger charge is 2.21. The van der Waals surface area contributed by atoms with Crippen LogP contribution in [0.4, 0.5) is 17.2 Å². The van der Waals surface area contributed by atoms with Crippen LogP contribution in [0, 0.1) is 20.2 Å². The maximum atomic E-state index is 12.0. The van der Waals surface area contributed by atoms with Crippen LogP contribution in [0.15, 0.2) is 40.2 Å². The van der Waals surface area contributed by atoms with E-state index in [0.717, 1.165) is 41.4 Å². The molecule has 0 spiro atoms. The molecule has 0 bridgehead atoms. The van der Waals surface area contributed by atoms with Crippen molar-refractivity contribution in [3.05, 3.63) is 71.4 Å². The summed E-state index contributed by atoms with van der Waals surface area (Å²) in [7, 11) is -3.83. The fourth-order valence-electron chi connectivity index (χ4n) is 2.47. The van der Waals surface area contributed by atoms with Crippen molar-refractivity contribution < 1.29 is 18.3 Å². The van der Waals surface area contributed by atoms with Gasteiger partial charge in [0.25, 0.3) is 16.7 Å². The second-order valence-corrected chi connectivity index (χ2v) is 7.51. The lowest BCUT2D eigenvalue weighted by Crippen LogP contribution is -2.20. The highest BCUT2D eigenvalue weighted by molar-refractivity contribution is 7.92. The van der Waals surface area contributed by atoms with Gasteiger partial charge in [-0.05, 0) is 6.07 Å². The van der Waals surface area contributed by atoms with Crippen LogP contribution in [0.3, 0.4) is 0 Å². The molecule has 1 aromatic carbocycles. The van der Waals surface area contributed by atoms with Crippen LogP contribution in [0.1, 0.15) is 0 Å². The minimum Gasteiger partial charge on any atom is -0.317 e. The van der Waals surface area contributed by atoms with Crippen molar-refractivity contribution in [1.29, 1.82) is 0 Å². The second-order valence-electron chi connectivity index (χ2n) is 5.76. The Morgan fingerprint density at radius 1 is 1.14 bits per heavy atom. The number of nitrogens with zero attached hydrogens (tertiary/aromatic N) is 4. The van der Waals surface area contributed by atoms with Crippen LogP contribution in [0.25, 0.3) is 16.7 Å². The summed E-state index contributed by atoms with van der Waals surface area (Å²) in [4.78, 5) is 50.4. The number of fused-ring (bicyclic) bond motifs is 1. The minimum atomic E-state index is -3.83. The number of rotatable bonds is 5. The number of benzene rings is 1. The summed E-state index contributed by atoms with van der Waals surface area (Å²) in [6, 6.07) is 2.95. The number of aromatic nitrogens is 3. The van der Waals surface area contributed by atoms with Gasteiger partial charge in [-0.2, -0.15) is 0 Å². The molecule has 2 heterocycles. The average Bonchev–Trinajstić information content (AvgIpc) is 2.60. The first-order chi connectivity index (χ1) is 13.5. The van der Waals surface area contributed by atoms with E-state index in [1.165, 1.54) is 0 Å². The molecule has 0 fully saturated rings. The van der Waals surface area contributed by atoms with E-state index < -0.39 is 48.1 Å². The van der Waals surface area contributed by atoms with Crippen LogP contribution < -0.4 is 15.7 Å². The van der Waals surface area contributed by atoms with Crippen molar-refractivity contribution in [1.82, 2.24) is 14.5 Å². The van der Waals surface area contributed by atoms with Crippen molar-refractivity contribution in [3.63, 3.8) is 0 Å². The Morgan fingerprint density at radius 2 is 1.79 bits per heavy atom. The summed E-state index contributed by atoms with van der Waals surface area (Å²) in [5.74, 6) is -0.564. The summed E-state index contributed by atoms with van der Waals surface area (Å²) < 4.78 is 25.6. The molecule has 0 saturated heterocycles. The van der Waals surface area contributed by atoms with E-state index >= 15 is 0 Å². The fourth-order valence-corrected chi connectivity index (χ4v) is 2.96. The molecule has 0 aliphatic carbocycles. The van der Waals surface area contributed by atoms with Crippen LogP contribution in [-0.4, -0.2) is 39.1 Å². The van der Waals surface area contributed by atoms with Gasteiger partial charge >= 0.3 is 5.69 Å². The van der Waals surface area contributed by atoms with Gasteiger partial charge in [0.1, 0.15) is 5.69 Å². The summed E-state index contributed by atoms with van der Waals surface area (Å²) in [5.41, 5.74) is -3.48. The Balaban J connectivity index is 2.32. The van der Waals surface area contributed by atoms with Crippen molar-refractivity contribution in [3.8, 4) is 5.69 Å². The largest absolute Gasteiger partial charge is 0.332 e. The predicted octanol–water partition coefficient (Wildman–Crippen LogP) is 0.262. The fraction of sp³-hybridized carbons (Fsp3) is 0.0714. The van der Waals surface area contributed by atoms with Gasteiger partial charge in [0.05, 0.1) is 33.3 Å². The third-order valence-corrected chi connectivity index (χ3v) is 4.21. The first kappa shape index (κ1) is 19.6. The van der Waals surface area contributed by atoms with Crippen molar-refractivity contribution in [2.24, 2.45) is 0 Å². The van der Waals surface area contributed by atoms with E-state index in [4.69, 9.17) is 0 Å². The Hall–Kier alpha value is -4.14. The molecule has 3 rings (SSSR count). The number of hydrogen-bond acceptors (Lipinski definition) is 9. The lowest BCUT2D eigenvalue weighted by molar-refractivity contribution is -0.386. The Bertz CT molecular complexity index is 1410. The molecule has 2 N–H and O–H groups in total. The van der Waals surface area contributed by atoms with E-state index in [1.54, 1.807) is 0 Å². The normalized spacial score (nSPS) is 11.3. The van der Waals surface area contributed by atoms with Crippen molar-refractivity contribution in [2.75, 3.05) is 11.0 Å². The number of pyridine rings is 1. The number of sulfonamides is 1. The number of H-pyrrole nitrogens is 1. The quantitative estimate of drug-likeness (QED) is 0.427. The number of nitrogens with one attached hydrogen (secondary N) is 2. The zero-order valence-corrected chi connectivity index (χ0v) is 15.2. The van der Waals surface area contributed by atoms with Gasteiger partial charge < -0.3 is 9.55 Å². The molecule has 0 aliphatic rings. The minimum absolute atomic E-state index is 0.0438. The van der Waals surface area contributed by atoms with Gasteiger partial charge in [-0.3, -0.25) is 34.5 Å². The molecule has 0 unspecified atom stereocenters. The van der Waals surface area contributed by atoms with Gasteiger partial charge in [0.15, 0.2) is 0 Å². The first-order valence-electron chi connectivity index (χ1n) is 7.53. The first-order valence-corrected chi connectivity index (χ1v) is 9.43. The number of hydrogen-bond donors (Lipinski definition) is 2. The molecule has 0 atom stereocenters. The summed E-state index contributed by atoms with van der Waals surface area (Å²) >= 11 is 0. The van der Waals surface area contributed by atoms with Crippen LogP contribution >= 0.6 is 0 Å². The van der Waals surface area contributed by atoms with Crippen molar-refractivity contribution in [2.45, 2.75) is 0 Å². The molecular formula is C14H10N6O8S. The van der Waals surface area contributed by atoms with Gasteiger partial charge in [-0.25, -0.2) is 13.4 Å². The van der Waals surface area contributed by atoms with Gasteiger partial charge in [-0.15, -0.1) is 0 Å². The van der Waals surface area contributed by atoms with E-state index in [-0.39, 0.29) is 16.7 Å². The van der Waals surface area contributed by atoms with Crippen LogP contribution in [-0.2, 0) is 10.0 Å². The highest BCUT2D eigenvalue weighted by Crippen LogP contribution is 2.27. The number of nitro groups is 2. The second kappa shape index (κ2) is 6.79. The lowest BCUT2D eigenvalue weighted by Gasteiger charge is -2.09. The Kier molecular flexibility index (Phi) is 4.59. The molecule has 29 heavy (non-hydrogen) atoms. The standard InChI is InChI=1S/C14H10N6O8S/c1-29(27,28)17-13-14(22)16-8-5-10(19(23)24)9(4-7(8)15-13)18-3-2-12(21)11(6-18)20(25)26/h2-6H,1H3,(H,15,17)(H,16,22). The molecule has 2 aromatic heterocycles. The average molecular weight is 422 g/mol. The number of anilines is 1. The molecule has 150 valence electrons. The van der Waals surface area contributed by atoms with Crippen LogP contribution in [0.2, 0.25) is 0 Å². The van der Waals surface area contributed by atoms with Crippen LogP contribution in [0.5, 0.6) is 0 Å². The predicted molar refractivity (Wildman–Crippen MR) is 99.7 cm³/mol. The lowest BCUT2D eigenvalue weighted by atomic mass is 10.2. The van der Waals surface area contributed by atoms with E-state index in [9.17, 15) is 38.2 Å². The topological polar surface area (TPSA) is 200 Å². The number of aromatic amines is 1. The molecule has 0 radical (unpaired) electrons. The smallest absolute Gasteiger partial charge is 0.317 e.